The Morgan fingerprint density at radius 2 is 1.64 bits per heavy atom. The van der Waals surface area contributed by atoms with Crippen molar-refractivity contribution in [2.24, 2.45) is 0 Å². The van der Waals surface area contributed by atoms with Crippen molar-refractivity contribution in [3.05, 3.63) is 54.6 Å². The fourth-order valence-electron chi connectivity index (χ4n) is 2.46. The number of benzene rings is 2. The van der Waals surface area contributed by atoms with Crippen molar-refractivity contribution in [2.75, 3.05) is 25.6 Å². The SMILES string of the molecule is CC(C)N(CCCl)CCOc1ccccc1-c1ccccc1. The maximum absolute atomic E-state index is 6.03. The van der Waals surface area contributed by atoms with E-state index in [4.69, 9.17) is 16.3 Å². The molecule has 0 heterocycles. The first-order valence-electron chi connectivity index (χ1n) is 7.79. The average Bonchev–Trinajstić information content (AvgIpc) is 2.55. The van der Waals surface area contributed by atoms with Gasteiger partial charge in [0.1, 0.15) is 12.4 Å². The molecule has 0 aliphatic rings. The Morgan fingerprint density at radius 3 is 2.32 bits per heavy atom. The first kappa shape index (κ1) is 16.9. The van der Waals surface area contributed by atoms with Crippen LogP contribution in [0.2, 0.25) is 0 Å². The highest BCUT2D eigenvalue weighted by Crippen LogP contribution is 2.29. The Kier molecular flexibility index (Phi) is 6.75. The van der Waals surface area contributed by atoms with Gasteiger partial charge in [-0.1, -0.05) is 48.5 Å². The van der Waals surface area contributed by atoms with Crippen LogP contribution in [0.25, 0.3) is 11.1 Å². The molecule has 0 unspecified atom stereocenters. The van der Waals surface area contributed by atoms with Crippen molar-refractivity contribution >= 4 is 11.6 Å². The second kappa shape index (κ2) is 8.82. The molecule has 118 valence electrons. The number of halogens is 1. The van der Waals surface area contributed by atoms with Crippen molar-refractivity contribution < 1.29 is 4.74 Å². The summed E-state index contributed by atoms with van der Waals surface area (Å²) in [5.41, 5.74) is 2.32. The van der Waals surface area contributed by atoms with Gasteiger partial charge in [-0.2, -0.15) is 0 Å². The highest BCUT2D eigenvalue weighted by molar-refractivity contribution is 6.18. The summed E-state index contributed by atoms with van der Waals surface area (Å²) >= 11 is 5.86. The number of hydrogen-bond acceptors (Lipinski definition) is 2. The molecule has 2 aromatic rings. The van der Waals surface area contributed by atoms with E-state index in [0.29, 0.717) is 18.5 Å². The molecule has 0 saturated carbocycles. The van der Waals surface area contributed by atoms with Gasteiger partial charge in [-0.25, -0.2) is 0 Å². The number of para-hydroxylation sites is 1. The van der Waals surface area contributed by atoms with Crippen LogP contribution in [0.4, 0.5) is 0 Å². The van der Waals surface area contributed by atoms with Crippen molar-refractivity contribution in [2.45, 2.75) is 19.9 Å². The van der Waals surface area contributed by atoms with Crippen LogP contribution < -0.4 is 4.74 Å². The number of ether oxygens (including phenoxy) is 1. The minimum atomic E-state index is 0.478. The molecule has 0 amide bonds. The molecule has 0 spiro atoms. The molecule has 0 aliphatic heterocycles. The summed E-state index contributed by atoms with van der Waals surface area (Å²) in [6.07, 6.45) is 0. The standard InChI is InChI=1S/C19H24ClNO/c1-16(2)21(13-12-20)14-15-22-19-11-7-6-10-18(19)17-8-4-3-5-9-17/h3-11,16H,12-15H2,1-2H3. The first-order chi connectivity index (χ1) is 10.7. The van der Waals surface area contributed by atoms with E-state index in [9.17, 15) is 0 Å². The number of rotatable bonds is 8. The summed E-state index contributed by atoms with van der Waals surface area (Å²) in [4.78, 5) is 2.33. The Bertz CT molecular complexity index is 556. The van der Waals surface area contributed by atoms with Gasteiger partial charge in [0, 0.05) is 30.6 Å². The number of hydrogen-bond donors (Lipinski definition) is 0. The van der Waals surface area contributed by atoms with E-state index in [1.807, 2.05) is 36.4 Å². The van der Waals surface area contributed by atoms with E-state index in [0.717, 1.165) is 24.4 Å². The van der Waals surface area contributed by atoms with Crippen molar-refractivity contribution in [1.29, 1.82) is 0 Å². The second-order valence-corrected chi connectivity index (χ2v) is 5.91. The predicted octanol–water partition coefficient (Wildman–Crippen LogP) is 4.68. The van der Waals surface area contributed by atoms with Crippen LogP contribution in [0.15, 0.2) is 54.6 Å². The quantitative estimate of drug-likeness (QED) is 0.655. The van der Waals surface area contributed by atoms with Gasteiger partial charge in [0.25, 0.3) is 0 Å². The van der Waals surface area contributed by atoms with Gasteiger partial charge in [-0.3, -0.25) is 4.90 Å². The number of nitrogens with zero attached hydrogens (tertiary/aromatic N) is 1. The third-order valence-corrected chi connectivity index (χ3v) is 3.88. The zero-order valence-corrected chi connectivity index (χ0v) is 14.1. The summed E-state index contributed by atoms with van der Waals surface area (Å²) in [6, 6.07) is 19.0. The van der Waals surface area contributed by atoms with Gasteiger partial charge in [0.05, 0.1) is 0 Å². The van der Waals surface area contributed by atoms with E-state index in [1.54, 1.807) is 0 Å². The average molecular weight is 318 g/mol. The molecular weight excluding hydrogens is 294 g/mol. The fourth-order valence-corrected chi connectivity index (χ4v) is 2.68. The lowest BCUT2D eigenvalue weighted by molar-refractivity contribution is 0.185. The van der Waals surface area contributed by atoms with Crippen LogP contribution in [0, 0.1) is 0 Å². The van der Waals surface area contributed by atoms with Crippen LogP contribution in [-0.4, -0.2) is 36.5 Å². The molecule has 22 heavy (non-hydrogen) atoms. The Balaban J connectivity index is 2.02. The van der Waals surface area contributed by atoms with Gasteiger partial charge >= 0.3 is 0 Å². The van der Waals surface area contributed by atoms with Crippen molar-refractivity contribution in [3.8, 4) is 16.9 Å². The van der Waals surface area contributed by atoms with E-state index >= 15 is 0 Å². The van der Waals surface area contributed by atoms with Crippen LogP contribution >= 0.6 is 11.6 Å². The summed E-state index contributed by atoms with van der Waals surface area (Å²) in [6.45, 7) is 6.81. The maximum Gasteiger partial charge on any atom is 0.127 e. The van der Waals surface area contributed by atoms with Gasteiger partial charge in [-0.15, -0.1) is 11.6 Å². The lowest BCUT2D eigenvalue weighted by Crippen LogP contribution is -2.36. The first-order valence-corrected chi connectivity index (χ1v) is 8.33. The lowest BCUT2D eigenvalue weighted by Gasteiger charge is -2.25. The van der Waals surface area contributed by atoms with E-state index < -0.39 is 0 Å². The summed E-state index contributed by atoms with van der Waals surface area (Å²) < 4.78 is 6.03. The molecule has 0 fully saturated rings. The smallest absolute Gasteiger partial charge is 0.127 e. The second-order valence-electron chi connectivity index (χ2n) is 5.53. The summed E-state index contributed by atoms with van der Waals surface area (Å²) in [5, 5.41) is 0. The predicted molar refractivity (Wildman–Crippen MR) is 94.8 cm³/mol. The van der Waals surface area contributed by atoms with Gasteiger partial charge in [-0.05, 0) is 25.5 Å². The van der Waals surface area contributed by atoms with E-state index in [2.05, 4.69) is 36.9 Å². The molecule has 0 radical (unpaired) electrons. The zero-order valence-electron chi connectivity index (χ0n) is 13.3. The van der Waals surface area contributed by atoms with Crippen LogP contribution in [0.3, 0.4) is 0 Å². The summed E-state index contributed by atoms with van der Waals surface area (Å²) in [5.74, 6) is 1.59. The lowest BCUT2D eigenvalue weighted by atomic mass is 10.1. The third kappa shape index (κ3) is 4.75. The highest BCUT2D eigenvalue weighted by Gasteiger charge is 2.10. The van der Waals surface area contributed by atoms with Gasteiger partial charge < -0.3 is 4.74 Å². The normalized spacial score (nSPS) is 11.1. The summed E-state index contributed by atoms with van der Waals surface area (Å²) in [7, 11) is 0. The molecule has 0 N–H and O–H groups in total. The fraction of sp³-hybridized carbons (Fsp3) is 0.368. The highest BCUT2D eigenvalue weighted by atomic mass is 35.5. The molecule has 2 nitrogen and oxygen atoms in total. The molecule has 0 saturated heterocycles. The number of alkyl halides is 1. The topological polar surface area (TPSA) is 12.5 Å². The molecular formula is C19H24ClNO. The van der Waals surface area contributed by atoms with E-state index in [1.165, 1.54) is 5.56 Å². The molecule has 2 aromatic carbocycles. The largest absolute Gasteiger partial charge is 0.492 e. The maximum atomic E-state index is 6.03. The Hall–Kier alpha value is -1.51. The zero-order chi connectivity index (χ0) is 15.8. The minimum Gasteiger partial charge on any atom is -0.492 e. The molecule has 0 bridgehead atoms. The van der Waals surface area contributed by atoms with Crippen LogP contribution in [0.5, 0.6) is 5.75 Å². The Labute approximate surface area is 138 Å². The van der Waals surface area contributed by atoms with Crippen LogP contribution in [0.1, 0.15) is 13.8 Å². The molecule has 2 rings (SSSR count). The van der Waals surface area contributed by atoms with Crippen molar-refractivity contribution in [1.82, 2.24) is 4.90 Å². The molecule has 0 aromatic heterocycles. The monoisotopic (exact) mass is 317 g/mol. The molecule has 0 atom stereocenters. The Morgan fingerprint density at radius 1 is 0.955 bits per heavy atom. The molecule has 0 aliphatic carbocycles. The van der Waals surface area contributed by atoms with Gasteiger partial charge in [0.2, 0.25) is 0 Å². The van der Waals surface area contributed by atoms with Crippen molar-refractivity contribution in [3.63, 3.8) is 0 Å². The van der Waals surface area contributed by atoms with Gasteiger partial charge in [0.15, 0.2) is 0 Å². The minimum absolute atomic E-state index is 0.478. The molecule has 3 heteroatoms. The third-order valence-electron chi connectivity index (χ3n) is 3.71. The van der Waals surface area contributed by atoms with Crippen LogP contribution in [-0.2, 0) is 0 Å². The van der Waals surface area contributed by atoms with E-state index in [-0.39, 0.29) is 0 Å².